The molecule has 0 spiro atoms. The number of hydrogen-bond donors (Lipinski definition) is 2. The van der Waals surface area contributed by atoms with Crippen molar-refractivity contribution in [2.75, 3.05) is 6.54 Å². The van der Waals surface area contributed by atoms with Crippen molar-refractivity contribution in [3.63, 3.8) is 0 Å². The molecule has 2 rings (SSSR count). The van der Waals surface area contributed by atoms with Crippen LogP contribution in [0.25, 0.3) is 11.0 Å². The first-order chi connectivity index (χ1) is 6.31. The molecule has 0 bridgehead atoms. The second-order valence-corrected chi connectivity index (χ2v) is 3.07. The normalized spacial score (nSPS) is 10.9. The number of nitrogens with two attached hydrogens (primary N) is 1. The van der Waals surface area contributed by atoms with E-state index >= 15 is 0 Å². The van der Waals surface area contributed by atoms with Gasteiger partial charge in [-0.1, -0.05) is 0 Å². The molecule has 2 heterocycles. The molecule has 0 aromatic carbocycles. The van der Waals surface area contributed by atoms with Crippen LogP contribution in [0.4, 0.5) is 0 Å². The van der Waals surface area contributed by atoms with E-state index in [1.165, 1.54) is 0 Å². The number of nitrogens with one attached hydrogen (secondary N) is 1. The monoisotopic (exact) mass is 176 g/mol. The number of fused-ring (bicyclic) bond motifs is 1. The van der Waals surface area contributed by atoms with Gasteiger partial charge in [0, 0.05) is 12.6 Å². The van der Waals surface area contributed by atoms with Crippen molar-refractivity contribution in [2.45, 2.75) is 13.3 Å². The summed E-state index contributed by atoms with van der Waals surface area (Å²) in [6.07, 6.45) is 4.39. The first-order valence-corrected chi connectivity index (χ1v) is 4.30. The summed E-state index contributed by atoms with van der Waals surface area (Å²) in [6, 6.07) is 0. The molecule has 0 unspecified atom stereocenters. The van der Waals surface area contributed by atoms with Gasteiger partial charge in [0.05, 0.1) is 17.2 Å². The average Bonchev–Trinajstić information content (AvgIpc) is 2.49. The van der Waals surface area contributed by atoms with E-state index in [2.05, 4.69) is 15.0 Å². The Morgan fingerprint density at radius 1 is 1.46 bits per heavy atom. The minimum Gasteiger partial charge on any atom is -0.341 e. The zero-order valence-corrected chi connectivity index (χ0v) is 7.54. The molecule has 68 valence electrons. The molecule has 0 amide bonds. The van der Waals surface area contributed by atoms with Gasteiger partial charge in [-0.25, -0.2) is 4.98 Å². The maximum atomic E-state index is 5.44. The van der Waals surface area contributed by atoms with Crippen LogP contribution in [0.5, 0.6) is 0 Å². The summed E-state index contributed by atoms with van der Waals surface area (Å²) < 4.78 is 0. The minimum atomic E-state index is 0.617. The van der Waals surface area contributed by atoms with Gasteiger partial charge >= 0.3 is 0 Å². The van der Waals surface area contributed by atoms with Gasteiger partial charge in [-0.05, 0) is 19.0 Å². The number of imidazole rings is 1. The third-order valence-corrected chi connectivity index (χ3v) is 2.01. The van der Waals surface area contributed by atoms with Gasteiger partial charge in [0.25, 0.3) is 0 Å². The van der Waals surface area contributed by atoms with E-state index in [-0.39, 0.29) is 0 Å². The van der Waals surface area contributed by atoms with Crippen molar-refractivity contribution < 1.29 is 0 Å². The predicted octanol–water partition coefficient (Wildman–Crippen LogP) is 0.768. The van der Waals surface area contributed by atoms with E-state index in [4.69, 9.17) is 5.73 Å². The largest absolute Gasteiger partial charge is 0.341 e. The highest BCUT2D eigenvalue weighted by molar-refractivity contribution is 5.77. The van der Waals surface area contributed by atoms with Crippen molar-refractivity contribution >= 4 is 11.0 Å². The molecule has 4 heteroatoms. The third kappa shape index (κ3) is 1.40. The molecule has 3 N–H and O–H groups in total. The van der Waals surface area contributed by atoms with Gasteiger partial charge in [-0.3, -0.25) is 4.98 Å². The van der Waals surface area contributed by atoms with Crippen molar-refractivity contribution in [2.24, 2.45) is 5.73 Å². The van der Waals surface area contributed by atoms with Gasteiger partial charge in [0.2, 0.25) is 0 Å². The SMILES string of the molecule is Cc1cncc2[nH]c(CCN)nc12. The number of pyridine rings is 1. The Morgan fingerprint density at radius 2 is 2.31 bits per heavy atom. The van der Waals surface area contributed by atoms with Gasteiger partial charge in [-0.15, -0.1) is 0 Å². The summed E-state index contributed by atoms with van der Waals surface area (Å²) in [4.78, 5) is 11.7. The summed E-state index contributed by atoms with van der Waals surface area (Å²) in [5.41, 5.74) is 8.53. The van der Waals surface area contributed by atoms with Crippen LogP contribution in [-0.2, 0) is 6.42 Å². The molecule has 0 aliphatic carbocycles. The Hall–Kier alpha value is -1.42. The molecule has 0 saturated heterocycles. The smallest absolute Gasteiger partial charge is 0.108 e. The number of nitrogens with zero attached hydrogens (tertiary/aromatic N) is 2. The Morgan fingerprint density at radius 3 is 3.00 bits per heavy atom. The summed E-state index contributed by atoms with van der Waals surface area (Å²) in [5.74, 6) is 0.939. The summed E-state index contributed by atoms with van der Waals surface area (Å²) in [7, 11) is 0. The number of aromatic nitrogens is 3. The molecule has 0 aliphatic heterocycles. The van der Waals surface area contributed by atoms with Crippen LogP contribution in [0.15, 0.2) is 12.4 Å². The lowest BCUT2D eigenvalue weighted by Gasteiger charge is -1.89. The fourth-order valence-electron chi connectivity index (χ4n) is 1.37. The van der Waals surface area contributed by atoms with Crippen molar-refractivity contribution in [3.05, 3.63) is 23.8 Å². The van der Waals surface area contributed by atoms with E-state index in [0.717, 1.165) is 28.8 Å². The molecule has 13 heavy (non-hydrogen) atoms. The first kappa shape index (κ1) is 8.19. The first-order valence-electron chi connectivity index (χ1n) is 4.30. The van der Waals surface area contributed by atoms with Gasteiger partial charge < -0.3 is 10.7 Å². The molecule has 2 aromatic heterocycles. The fourth-order valence-corrected chi connectivity index (χ4v) is 1.37. The van der Waals surface area contributed by atoms with E-state index in [0.29, 0.717) is 6.54 Å². The lowest BCUT2D eigenvalue weighted by molar-refractivity contribution is 0.900. The Balaban J connectivity index is 2.55. The Bertz CT molecular complexity index is 418. The topological polar surface area (TPSA) is 67.6 Å². The predicted molar refractivity (Wildman–Crippen MR) is 51.4 cm³/mol. The average molecular weight is 176 g/mol. The lowest BCUT2D eigenvalue weighted by Crippen LogP contribution is -2.03. The standard InChI is InChI=1S/C9H12N4/c1-6-4-11-5-7-9(6)13-8(12-7)2-3-10/h4-5H,2-3,10H2,1H3,(H,12,13). The summed E-state index contributed by atoms with van der Waals surface area (Å²) >= 11 is 0. The van der Waals surface area contributed by atoms with E-state index in [1.807, 2.05) is 13.1 Å². The van der Waals surface area contributed by atoms with Crippen LogP contribution in [-0.4, -0.2) is 21.5 Å². The number of H-pyrrole nitrogens is 1. The number of aromatic amines is 1. The van der Waals surface area contributed by atoms with Gasteiger partial charge in [0.1, 0.15) is 5.82 Å². The van der Waals surface area contributed by atoms with Crippen molar-refractivity contribution in [1.29, 1.82) is 0 Å². The highest BCUT2D eigenvalue weighted by atomic mass is 14.9. The van der Waals surface area contributed by atoms with Gasteiger partial charge in [-0.2, -0.15) is 0 Å². The minimum absolute atomic E-state index is 0.617. The van der Waals surface area contributed by atoms with Crippen molar-refractivity contribution in [3.8, 4) is 0 Å². The fraction of sp³-hybridized carbons (Fsp3) is 0.333. The second kappa shape index (κ2) is 3.14. The lowest BCUT2D eigenvalue weighted by atomic mass is 10.3. The maximum Gasteiger partial charge on any atom is 0.108 e. The van der Waals surface area contributed by atoms with E-state index < -0.39 is 0 Å². The number of rotatable bonds is 2. The molecular formula is C9H12N4. The van der Waals surface area contributed by atoms with Crippen LogP contribution in [0.2, 0.25) is 0 Å². The molecule has 0 aliphatic rings. The molecule has 4 nitrogen and oxygen atoms in total. The zero-order valence-electron chi connectivity index (χ0n) is 7.54. The van der Waals surface area contributed by atoms with E-state index in [9.17, 15) is 0 Å². The third-order valence-electron chi connectivity index (χ3n) is 2.01. The Labute approximate surface area is 76.2 Å². The van der Waals surface area contributed by atoms with Crippen molar-refractivity contribution in [1.82, 2.24) is 15.0 Å². The highest BCUT2D eigenvalue weighted by Crippen LogP contribution is 2.13. The van der Waals surface area contributed by atoms with Crippen LogP contribution >= 0.6 is 0 Å². The van der Waals surface area contributed by atoms with Crippen LogP contribution < -0.4 is 5.73 Å². The number of hydrogen-bond acceptors (Lipinski definition) is 3. The Kier molecular flexibility index (Phi) is 1.98. The van der Waals surface area contributed by atoms with Crippen LogP contribution in [0.3, 0.4) is 0 Å². The summed E-state index contributed by atoms with van der Waals surface area (Å²) in [5, 5.41) is 0. The second-order valence-electron chi connectivity index (χ2n) is 3.07. The van der Waals surface area contributed by atoms with E-state index in [1.54, 1.807) is 6.20 Å². The van der Waals surface area contributed by atoms with Crippen LogP contribution in [0.1, 0.15) is 11.4 Å². The molecule has 0 saturated carbocycles. The van der Waals surface area contributed by atoms with Crippen LogP contribution in [0, 0.1) is 6.92 Å². The molecule has 0 atom stereocenters. The summed E-state index contributed by atoms with van der Waals surface area (Å²) in [6.45, 7) is 2.62. The quantitative estimate of drug-likeness (QED) is 0.710. The van der Waals surface area contributed by atoms with Gasteiger partial charge in [0.15, 0.2) is 0 Å². The number of aryl methyl sites for hydroxylation is 1. The maximum absolute atomic E-state index is 5.44. The molecule has 0 radical (unpaired) electrons. The molecule has 0 fully saturated rings. The molecule has 2 aromatic rings. The molecular weight excluding hydrogens is 164 g/mol. The highest BCUT2D eigenvalue weighted by Gasteiger charge is 2.03. The zero-order chi connectivity index (χ0) is 9.26.